The SMILES string of the molecule is c1cc(-c2cnc(C3CSCN3)[nH]2)ccc1-c1ccc(-c2cnc(C3CSCN3)[nH]2)cc1. The van der Waals surface area contributed by atoms with Gasteiger partial charge >= 0.3 is 0 Å². The zero-order valence-electron chi connectivity index (χ0n) is 17.5. The van der Waals surface area contributed by atoms with Crippen LogP contribution in [0.2, 0.25) is 0 Å². The van der Waals surface area contributed by atoms with E-state index >= 15 is 0 Å². The predicted molar refractivity (Wildman–Crippen MR) is 133 cm³/mol. The number of hydrogen-bond donors (Lipinski definition) is 4. The number of aromatic amines is 2. The zero-order chi connectivity index (χ0) is 21.3. The molecule has 4 N–H and O–H groups in total. The summed E-state index contributed by atoms with van der Waals surface area (Å²) in [5.74, 6) is 6.17. The summed E-state index contributed by atoms with van der Waals surface area (Å²) >= 11 is 3.82. The van der Waals surface area contributed by atoms with Crippen molar-refractivity contribution in [3.8, 4) is 33.6 Å². The molecule has 4 heterocycles. The van der Waals surface area contributed by atoms with E-state index in [1.807, 2.05) is 35.9 Å². The van der Waals surface area contributed by atoms with E-state index in [2.05, 4.69) is 79.1 Å². The van der Waals surface area contributed by atoms with Crippen molar-refractivity contribution < 1.29 is 0 Å². The van der Waals surface area contributed by atoms with Crippen molar-refractivity contribution in [1.82, 2.24) is 30.6 Å². The standard InChI is InChI=1S/C24H24N6S2/c1-5-17(19-9-25-23(29-19)21-11-31-13-27-21)6-2-15(1)16-3-7-18(8-4-16)20-10-26-24(30-20)22-12-32-14-28-22/h1-10,21-22,27-28H,11-14H2,(H,25,29)(H,26,30). The maximum Gasteiger partial charge on any atom is 0.124 e. The summed E-state index contributed by atoms with van der Waals surface area (Å²) in [6.07, 6.45) is 3.87. The molecule has 0 bridgehead atoms. The number of nitrogens with one attached hydrogen (secondary N) is 4. The van der Waals surface area contributed by atoms with Crippen LogP contribution in [0.1, 0.15) is 23.7 Å². The molecule has 2 aromatic heterocycles. The van der Waals surface area contributed by atoms with Crippen LogP contribution in [0.15, 0.2) is 60.9 Å². The highest BCUT2D eigenvalue weighted by Crippen LogP contribution is 2.29. The van der Waals surface area contributed by atoms with Crippen molar-refractivity contribution in [2.75, 3.05) is 23.3 Å². The van der Waals surface area contributed by atoms with E-state index in [-0.39, 0.29) is 0 Å². The third kappa shape index (κ3) is 3.99. The molecule has 0 spiro atoms. The molecule has 6 rings (SSSR count). The van der Waals surface area contributed by atoms with Gasteiger partial charge in [0, 0.05) is 23.3 Å². The van der Waals surface area contributed by atoms with Gasteiger partial charge in [-0.15, -0.1) is 23.5 Å². The molecule has 2 saturated heterocycles. The van der Waals surface area contributed by atoms with E-state index in [9.17, 15) is 0 Å². The van der Waals surface area contributed by atoms with Gasteiger partial charge in [0.15, 0.2) is 0 Å². The lowest BCUT2D eigenvalue weighted by atomic mass is 10.0. The van der Waals surface area contributed by atoms with Crippen LogP contribution in [-0.4, -0.2) is 43.2 Å². The molecule has 8 heteroatoms. The summed E-state index contributed by atoms with van der Waals surface area (Å²) < 4.78 is 0. The Morgan fingerprint density at radius 1 is 0.594 bits per heavy atom. The van der Waals surface area contributed by atoms with Crippen LogP contribution in [0.25, 0.3) is 33.6 Å². The van der Waals surface area contributed by atoms with Gasteiger partial charge in [-0.1, -0.05) is 48.5 Å². The number of hydrogen-bond acceptors (Lipinski definition) is 6. The topological polar surface area (TPSA) is 81.4 Å². The first kappa shape index (κ1) is 20.1. The van der Waals surface area contributed by atoms with Crippen LogP contribution in [0.5, 0.6) is 0 Å². The number of imidazole rings is 2. The number of H-pyrrole nitrogens is 2. The van der Waals surface area contributed by atoms with Crippen molar-refractivity contribution in [3.05, 3.63) is 72.6 Å². The van der Waals surface area contributed by atoms with E-state index in [4.69, 9.17) is 0 Å². The summed E-state index contributed by atoms with van der Waals surface area (Å²) in [5.41, 5.74) is 6.83. The molecule has 2 atom stereocenters. The van der Waals surface area contributed by atoms with Gasteiger partial charge in [0.1, 0.15) is 11.6 Å². The van der Waals surface area contributed by atoms with Gasteiger partial charge in [0.2, 0.25) is 0 Å². The third-order valence-corrected chi connectivity index (χ3v) is 7.89. The third-order valence-electron chi connectivity index (χ3n) is 6.01. The van der Waals surface area contributed by atoms with Gasteiger partial charge in [0.25, 0.3) is 0 Å². The lowest BCUT2D eigenvalue weighted by molar-refractivity contribution is 0.641. The van der Waals surface area contributed by atoms with Crippen molar-refractivity contribution in [2.24, 2.45) is 0 Å². The Balaban J connectivity index is 1.17. The highest BCUT2D eigenvalue weighted by Gasteiger charge is 2.20. The molecule has 2 unspecified atom stereocenters. The Hall–Kier alpha value is -2.52. The molecule has 2 aliphatic rings. The van der Waals surface area contributed by atoms with E-state index in [0.717, 1.165) is 57.4 Å². The van der Waals surface area contributed by atoms with Crippen LogP contribution in [0.4, 0.5) is 0 Å². The van der Waals surface area contributed by atoms with Gasteiger partial charge < -0.3 is 9.97 Å². The molecule has 0 aliphatic carbocycles. The van der Waals surface area contributed by atoms with Gasteiger partial charge in [-0.3, -0.25) is 10.6 Å². The Morgan fingerprint density at radius 3 is 1.38 bits per heavy atom. The molecular formula is C24H24N6S2. The van der Waals surface area contributed by atoms with Crippen molar-refractivity contribution >= 4 is 23.5 Å². The number of nitrogens with zero attached hydrogens (tertiary/aromatic N) is 2. The first-order valence-electron chi connectivity index (χ1n) is 10.8. The van der Waals surface area contributed by atoms with Crippen LogP contribution < -0.4 is 10.6 Å². The quantitative estimate of drug-likeness (QED) is 0.342. The smallest absolute Gasteiger partial charge is 0.124 e. The first-order valence-corrected chi connectivity index (χ1v) is 13.1. The largest absolute Gasteiger partial charge is 0.341 e. The summed E-state index contributed by atoms with van der Waals surface area (Å²) in [4.78, 5) is 16.1. The fourth-order valence-corrected chi connectivity index (χ4v) is 6.04. The van der Waals surface area contributed by atoms with Crippen molar-refractivity contribution in [3.63, 3.8) is 0 Å². The monoisotopic (exact) mass is 460 g/mol. The molecule has 2 fully saturated rings. The molecule has 0 saturated carbocycles. The Kier molecular flexibility index (Phi) is 5.52. The molecule has 0 radical (unpaired) electrons. The summed E-state index contributed by atoms with van der Waals surface area (Å²) in [6, 6.07) is 18.0. The first-order chi connectivity index (χ1) is 15.8. The van der Waals surface area contributed by atoms with Gasteiger partial charge in [-0.05, 0) is 22.3 Å². The molecular weight excluding hydrogens is 436 g/mol. The average molecular weight is 461 g/mol. The van der Waals surface area contributed by atoms with Gasteiger partial charge in [0.05, 0.1) is 35.9 Å². The minimum absolute atomic E-state index is 0.325. The maximum atomic E-state index is 4.58. The molecule has 4 aromatic rings. The second-order valence-electron chi connectivity index (χ2n) is 8.06. The summed E-state index contributed by atoms with van der Waals surface area (Å²) in [6.45, 7) is 0. The fourth-order valence-electron chi connectivity index (χ4n) is 4.15. The van der Waals surface area contributed by atoms with Gasteiger partial charge in [-0.2, -0.15) is 0 Å². The Labute approximate surface area is 195 Å². The Bertz CT molecular complexity index is 1090. The molecule has 0 amide bonds. The van der Waals surface area contributed by atoms with E-state index in [1.165, 1.54) is 11.1 Å². The Morgan fingerprint density at radius 2 is 1.00 bits per heavy atom. The highest BCUT2D eigenvalue weighted by atomic mass is 32.2. The second-order valence-corrected chi connectivity index (χ2v) is 10.1. The average Bonchev–Trinajstić information content (AvgIpc) is 3.66. The molecule has 6 nitrogen and oxygen atoms in total. The van der Waals surface area contributed by atoms with Crippen LogP contribution in [0.3, 0.4) is 0 Å². The van der Waals surface area contributed by atoms with E-state index in [1.54, 1.807) is 0 Å². The lowest BCUT2D eigenvalue weighted by Crippen LogP contribution is -2.15. The van der Waals surface area contributed by atoms with E-state index in [0.29, 0.717) is 12.1 Å². The number of thioether (sulfide) groups is 2. The van der Waals surface area contributed by atoms with Crippen molar-refractivity contribution in [1.29, 1.82) is 0 Å². The fraction of sp³-hybridized carbons (Fsp3) is 0.250. The van der Waals surface area contributed by atoms with Crippen LogP contribution in [-0.2, 0) is 0 Å². The number of aromatic nitrogens is 4. The highest BCUT2D eigenvalue weighted by molar-refractivity contribution is 7.99. The predicted octanol–water partition coefficient (Wildman–Crippen LogP) is 4.80. The molecule has 2 aliphatic heterocycles. The molecule has 2 aromatic carbocycles. The number of rotatable bonds is 5. The van der Waals surface area contributed by atoms with E-state index < -0.39 is 0 Å². The minimum atomic E-state index is 0.325. The molecule has 162 valence electrons. The number of benzene rings is 2. The maximum absolute atomic E-state index is 4.58. The van der Waals surface area contributed by atoms with Crippen LogP contribution in [0, 0.1) is 0 Å². The summed E-state index contributed by atoms with van der Waals surface area (Å²) in [7, 11) is 0. The normalized spacial score (nSPS) is 20.8. The lowest BCUT2D eigenvalue weighted by Gasteiger charge is -2.07. The van der Waals surface area contributed by atoms with Crippen LogP contribution >= 0.6 is 23.5 Å². The minimum Gasteiger partial charge on any atom is -0.341 e. The van der Waals surface area contributed by atoms with Gasteiger partial charge in [-0.25, -0.2) is 9.97 Å². The summed E-state index contributed by atoms with van der Waals surface area (Å²) in [5, 5.41) is 6.92. The zero-order valence-corrected chi connectivity index (χ0v) is 19.1. The molecule has 32 heavy (non-hydrogen) atoms. The second kappa shape index (κ2) is 8.78. The van der Waals surface area contributed by atoms with Crippen molar-refractivity contribution in [2.45, 2.75) is 12.1 Å².